The second-order valence-electron chi connectivity index (χ2n) is 5.78. The molecule has 2 atom stereocenters. The van der Waals surface area contributed by atoms with Crippen LogP contribution in [-0.4, -0.2) is 32.7 Å². The van der Waals surface area contributed by atoms with Gasteiger partial charge in [-0.2, -0.15) is 5.10 Å². The van der Waals surface area contributed by atoms with Crippen LogP contribution in [-0.2, 0) is 4.79 Å². The number of aromatic nitrogens is 2. The van der Waals surface area contributed by atoms with E-state index in [1.807, 2.05) is 17.0 Å². The maximum absolute atomic E-state index is 12.3. The van der Waals surface area contributed by atoms with E-state index in [2.05, 4.69) is 16.6 Å². The summed E-state index contributed by atoms with van der Waals surface area (Å²) in [6.07, 6.45) is 11.0. The molecule has 2 unspecified atom stereocenters. The van der Waals surface area contributed by atoms with Crippen molar-refractivity contribution in [3.63, 3.8) is 0 Å². The minimum Gasteiger partial charge on any atom is -0.337 e. The zero-order chi connectivity index (χ0) is 14.1. The second-order valence-corrected chi connectivity index (χ2v) is 6.21. The van der Waals surface area contributed by atoms with Gasteiger partial charge in [-0.25, -0.2) is 0 Å². The third kappa shape index (κ3) is 2.49. The molecule has 3 rings (SSSR count). The molecule has 0 spiro atoms. The molecule has 0 aromatic carbocycles. The number of piperidine rings is 1. The Morgan fingerprint density at radius 3 is 2.65 bits per heavy atom. The van der Waals surface area contributed by atoms with Crippen LogP contribution in [0.15, 0.2) is 25.0 Å². The average molecular weight is 294 g/mol. The Hall–Kier alpha value is -1.29. The molecule has 0 radical (unpaired) electrons. The third-order valence-electron chi connectivity index (χ3n) is 4.50. The first-order valence-corrected chi connectivity index (χ1v) is 7.68. The highest BCUT2D eigenvalue weighted by molar-refractivity contribution is 6.30. The van der Waals surface area contributed by atoms with E-state index in [1.165, 1.54) is 0 Å². The molecule has 0 N–H and O–H groups in total. The van der Waals surface area contributed by atoms with Crippen molar-refractivity contribution < 1.29 is 4.79 Å². The van der Waals surface area contributed by atoms with Gasteiger partial charge in [-0.15, -0.1) is 6.58 Å². The Kier molecular flexibility index (Phi) is 3.83. The van der Waals surface area contributed by atoms with E-state index in [4.69, 9.17) is 11.6 Å². The Bertz CT molecular complexity index is 499. The second kappa shape index (κ2) is 5.60. The van der Waals surface area contributed by atoms with Crippen LogP contribution in [0.2, 0.25) is 5.02 Å². The van der Waals surface area contributed by atoms with Crippen LogP contribution in [0, 0.1) is 0 Å². The molecule has 2 fully saturated rings. The van der Waals surface area contributed by atoms with Crippen molar-refractivity contribution >= 4 is 17.5 Å². The lowest BCUT2D eigenvalue weighted by Gasteiger charge is -2.39. The molecule has 2 aliphatic heterocycles. The molecule has 5 heteroatoms. The minimum absolute atomic E-state index is 0.286. The number of fused-ring (bicyclic) bond motifs is 2. The van der Waals surface area contributed by atoms with Gasteiger partial charge in [0.1, 0.15) is 0 Å². The number of halogens is 1. The highest BCUT2D eigenvalue weighted by Gasteiger charge is 2.43. The fourth-order valence-electron chi connectivity index (χ4n) is 3.64. The van der Waals surface area contributed by atoms with E-state index in [1.54, 1.807) is 6.20 Å². The maximum atomic E-state index is 12.3. The quantitative estimate of drug-likeness (QED) is 0.800. The number of allylic oxidation sites excluding steroid dienone is 1. The molecular formula is C15H20ClN3O. The molecule has 2 saturated heterocycles. The molecule has 0 aliphatic carbocycles. The van der Waals surface area contributed by atoms with Gasteiger partial charge in [0.05, 0.1) is 17.3 Å². The van der Waals surface area contributed by atoms with E-state index >= 15 is 0 Å². The van der Waals surface area contributed by atoms with Gasteiger partial charge < -0.3 is 4.90 Å². The van der Waals surface area contributed by atoms with Gasteiger partial charge in [0.2, 0.25) is 5.91 Å². The number of rotatable bonds is 4. The van der Waals surface area contributed by atoms with Crippen LogP contribution < -0.4 is 0 Å². The lowest BCUT2D eigenvalue weighted by atomic mass is 9.97. The molecule has 1 amide bonds. The summed E-state index contributed by atoms with van der Waals surface area (Å²) < 4.78 is 1.97. The minimum atomic E-state index is 0.286. The molecule has 2 bridgehead atoms. The summed E-state index contributed by atoms with van der Waals surface area (Å²) >= 11 is 5.95. The van der Waals surface area contributed by atoms with Crippen molar-refractivity contribution in [3.05, 3.63) is 30.1 Å². The number of carbonyl (C=O) groups excluding carboxylic acids is 1. The van der Waals surface area contributed by atoms with E-state index in [0.29, 0.717) is 29.6 Å². The zero-order valence-electron chi connectivity index (χ0n) is 11.5. The standard InChI is InChI=1S/C15H20ClN3O/c1-2-3-4-15(20)19-12-5-6-13(19)8-14(7-12)18-10-11(16)9-17-18/h2,9-10,12-14H,1,3-8H2. The summed E-state index contributed by atoms with van der Waals surface area (Å²) in [6.45, 7) is 3.69. The number of hydrogen-bond donors (Lipinski definition) is 0. The summed E-state index contributed by atoms with van der Waals surface area (Å²) in [7, 11) is 0. The van der Waals surface area contributed by atoms with Crippen molar-refractivity contribution in [2.75, 3.05) is 0 Å². The van der Waals surface area contributed by atoms with Crippen LogP contribution in [0.5, 0.6) is 0 Å². The summed E-state index contributed by atoms with van der Waals surface area (Å²) in [5, 5.41) is 5.01. The molecule has 1 aromatic rings. The largest absolute Gasteiger partial charge is 0.337 e. The van der Waals surface area contributed by atoms with Crippen LogP contribution in [0.3, 0.4) is 0 Å². The molecule has 20 heavy (non-hydrogen) atoms. The fourth-order valence-corrected chi connectivity index (χ4v) is 3.78. The van der Waals surface area contributed by atoms with Gasteiger partial charge in [-0.3, -0.25) is 9.48 Å². The van der Waals surface area contributed by atoms with E-state index in [9.17, 15) is 4.79 Å². The van der Waals surface area contributed by atoms with E-state index in [-0.39, 0.29) is 5.91 Å². The third-order valence-corrected chi connectivity index (χ3v) is 4.70. The summed E-state index contributed by atoms with van der Waals surface area (Å²) in [6, 6.07) is 1.13. The molecule has 3 heterocycles. The first kappa shape index (κ1) is 13.7. The van der Waals surface area contributed by atoms with E-state index < -0.39 is 0 Å². The number of amides is 1. The van der Waals surface area contributed by atoms with Crippen molar-refractivity contribution in [1.29, 1.82) is 0 Å². The average Bonchev–Trinajstić information content (AvgIpc) is 2.98. The molecular weight excluding hydrogens is 274 g/mol. The lowest BCUT2D eigenvalue weighted by Crippen LogP contribution is -2.46. The molecule has 108 valence electrons. The van der Waals surface area contributed by atoms with Crippen LogP contribution in [0.1, 0.15) is 44.6 Å². The predicted octanol–water partition coefficient (Wildman–Crippen LogP) is 3.20. The summed E-state index contributed by atoms with van der Waals surface area (Å²) in [5.41, 5.74) is 0. The molecule has 4 nitrogen and oxygen atoms in total. The normalized spacial score (nSPS) is 28.6. The smallest absolute Gasteiger partial charge is 0.223 e. The monoisotopic (exact) mass is 293 g/mol. The van der Waals surface area contributed by atoms with Crippen molar-refractivity contribution in [3.8, 4) is 0 Å². The van der Waals surface area contributed by atoms with Crippen molar-refractivity contribution in [2.24, 2.45) is 0 Å². The Morgan fingerprint density at radius 2 is 2.10 bits per heavy atom. The summed E-state index contributed by atoms with van der Waals surface area (Å²) in [5.74, 6) is 0.286. The van der Waals surface area contributed by atoms with Gasteiger partial charge >= 0.3 is 0 Å². The number of carbonyl (C=O) groups is 1. The molecule has 1 aromatic heterocycles. The first-order valence-electron chi connectivity index (χ1n) is 7.30. The predicted molar refractivity (Wildman–Crippen MR) is 78.6 cm³/mol. The van der Waals surface area contributed by atoms with Gasteiger partial charge in [0.15, 0.2) is 0 Å². The number of hydrogen-bond acceptors (Lipinski definition) is 2. The lowest BCUT2D eigenvalue weighted by molar-refractivity contribution is -0.136. The highest BCUT2D eigenvalue weighted by Crippen LogP contribution is 2.41. The van der Waals surface area contributed by atoms with Gasteiger partial charge in [0.25, 0.3) is 0 Å². The maximum Gasteiger partial charge on any atom is 0.223 e. The van der Waals surface area contributed by atoms with Crippen LogP contribution in [0.4, 0.5) is 0 Å². The van der Waals surface area contributed by atoms with Gasteiger partial charge in [-0.1, -0.05) is 17.7 Å². The van der Waals surface area contributed by atoms with Gasteiger partial charge in [-0.05, 0) is 32.1 Å². The van der Waals surface area contributed by atoms with Crippen LogP contribution >= 0.6 is 11.6 Å². The fraction of sp³-hybridized carbons (Fsp3) is 0.600. The van der Waals surface area contributed by atoms with Crippen LogP contribution in [0.25, 0.3) is 0 Å². The van der Waals surface area contributed by atoms with Gasteiger partial charge in [0, 0.05) is 24.7 Å². The molecule has 0 saturated carbocycles. The Morgan fingerprint density at radius 1 is 1.40 bits per heavy atom. The number of nitrogens with zero attached hydrogens (tertiary/aromatic N) is 3. The first-order chi connectivity index (χ1) is 9.69. The SMILES string of the molecule is C=CCCC(=O)N1C2CCC1CC(n1cc(Cl)cn1)C2. The zero-order valence-corrected chi connectivity index (χ0v) is 12.3. The van der Waals surface area contributed by atoms with E-state index in [0.717, 1.165) is 32.1 Å². The Labute approximate surface area is 124 Å². The topological polar surface area (TPSA) is 38.1 Å². The molecule has 2 aliphatic rings. The van der Waals surface area contributed by atoms with Crippen molar-refractivity contribution in [1.82, 2.24) is 14.7 Å². The Balaban J connectivity index is 1.69. The highest BCUT2D eigenvalue weighted by atomic mass is 35.5. The van der Waals surface area contributed by atoms with Crippen molar-refractivity contribution in [2.45, 2.75) is 56.7 Å². The summed E-state index contributed by atoms with van der Waals surface area (Å²) in [4.78, 5) is 14.4.